The van der Waals surface area contributed by atoms with Crippen molar-refractivity contribution in [2.75, 3.05) is 30.3 Å². The zero-order chi connectivity index (χ0) is 16.5. The van der Waals surface area contributed by atoms with Gasteiger partial charge in [-0.3, -0.25) is 0 Å². The Kier molecular flexibility index (Phi) is 4.17. The fraction of sp³-hybridized carbons (Fsp3) is 0.692. The van der Waals surface area contributed by atoms with Gasteiger partial charge in [0, 0.05) is 13.0 Å². The van der Waals surface area contributed by atoms with Gasteiger partial charge in [0.2, 0.25) is 0 Å². The number of rotatable bonds is 4. The highest BCUT2D eigenvalue weighted by atomic mass is 19.3. The van der Waals surface area contributed by atoms with Gasteiger partial charge in [-0.2, -0.15) is 15.1 Å². The molecule has 1 aliphatic rings. The zero-order valence-electron chi connectivity index (χ0n) is 12.9. The lowest BCUT2D eigenvalue weighted by atomic mass is 9.99. The first kappa shape index (κ1) is 16.3. The number of alkyl halides is 2. The number of nitrogens with one attached hydrogen (secondary N) is 1. The highest BCUT2D eigenvalue weighted by Gasteiger charge is 2.40. The largest absolute Gasteiger partial charge is 0.463 e. The molecule has 0 atom stereocenters. The molecule has 122 valence electrons. The first-order valence-corrected chi connectivity index (χ1v) is 6.92. The Morgan fingerprint density at radius 3 is 2.59 bits per heavy atom. The van der Waals surface area contributed by atoms with Crippen LogP contribution in [-0.2, 0) is 0 Å². The predicted molar refractivity (Wildman–Crippen MR) is 78.0 cm³/mol. The van der Waals surface area contributed by atoms with Crippen LogP contribution in [0.25, 0.3) is 0 Å². The highest BCUT2D eigenvalue weighted by Crippen LogP contribution is 2.38. The fourth-order valence-electron chi connectivity index (χ4n) is 2.03. The van der Waals surface area contributed by atoms with Crippen molar-refractivity contribution in [2.24, 2.45) is 10.5 Å². The monoisotopic (exact) mass is 314 g/mol. The van der Waals surface area contributed by atoms with Crippen molar-refractivity contribution in [1.29, 1.82) is 5.53 Å². The number of nitrogens with zero attached hydrogens (tertiary/aromatic N) is 4. The average Bonchev–Trinajstić information content (AvgIpc) is 2.75. The molecule has 1 aromatic heterocycles. The molecule has 3 N–H and O–H groups in total. The topological polar surface area (TPSA) is 100 Å². The van der Waals surface area contributed by atoms with Crippen LogP contribution in [-0.4, -0.2) is 35.6 Å². The summed E-state index contributed by atoms with van der Waals surface area (Å²) in [6.45, 7) is 5.91. The molecule has 2 rings (SSSR count). The lowest BCUT2D eigenvalue weighted by Gasteiger charge is -2.21. The van der Waals surface area contributed by atoms with Crippen LogP contribution in [0.5, 0.6) is 6.01 Å². The number of aromatic nitrogens is 2. The van der Waals surface area contributed by atoms with E-state index in [9.17, 15) is 8.78 Å². The second-order valence-electron chi connectivity index (χ2n) is 6.55. The van der Waals surface area contributed by atoms with Crippen LogP contribution in [0.2, 0.25) is 0 Å². The van der Waals surface area contributed by atoms with Gasteiger partial charge in [0.1, 0.15) is 0 Å². The van der Waals surface area contributed by atoms with Gasteiger partial charge >= 0.3 is 6.01 Å². The highest BCUT2D eigenvalue weighted by molar-refractivity contribution is 5.73. The van der Waals surface area contributed by atoms with Gasteiger partial charge in [-0.25, -0.2) is 14.3 Å². The molecule has 2 heterocycles. The van der Waals surface area contributed by atoms with E-state index in [1.165, 1.54) is 4.90 Å². The van der Waals surface area contributed by atoms with Crippen LogP contribution in [0.3, 0.4) is 0 Å². The van der Waals surface area contributed by atoms with Crippen LogP contribution in [0.4, 0.5) is 26.1 Å². The fourth-order valence-corrected chi connectivity index (χ4v) is 2.03. The summed E-state index contributed by atoms with van der Waals surface area (Å²) in [4.78, 5) is 9.41. The molecule has 0 saturated carbocycles. The van der Waals surface area contributed by atoms with E-state index in [2.05, 4.69) is 15.1 Å². The third-order valence-electron chi connectivity index (χ3n) is 3.09. The summed E-state index contributed by atoms with van der Waals surface area (Å²) in [6.07, 6.45) is -0.271. The van der Waals surface area contributed by atoms with Crippen LogP contribution < -0.4 is 15.4 Å². The predicted octanol–water partition coefficient (Wildman–Crippen LogP) is 2.99. The minimum absolute atomic E-state index is 0.00467. The van der Waals surface area contributed by atoms with Crippen LogP contribution in [0.15, 0.2) is 5.11 Å². The Morgan fingerprint density at radius 2 is 2.09 bits per heavy atom. The molecule has 1 fully saturated rings. The number of anilines is 2. The lowest BCUT2D eigenvalue weighted by molar-refractivity contribution is 0.0256. The molecule has 1 aliphatic heterocycles. The quantitative estimate of drug-likeness (QED) is 0.832. The van der Waals surface area contributed by atoms with Gasteiger partial charge in [0.15, 0.2) is 17.3 Å². The van der Waals surface area contributed by atoms with E-state index in [0.717, 1.165) is 0 Å². The van der Waals surface area contributed by atoms with Crippen molar-refractivity contribution < 1.29 is 13.5 Å². The van der Waals surface area contributed by atoms with Crippen LogP contribution >= 0.6 is 0 Å². The van der Waals surface area contributed by atoms with E-state index >= 15 is 0 Å². The summed E-state index contributed by atoms with van der Waals surface area (Å²) in [6, 6.07) is 0.00467. The Morgan fingerprint density at radius 1 is 1.41 bits per heavy atom. The molecule has 0 radical (unpaired) electrons. The second kappa shape index (κ2) is 5.62. The van der Waals surface area contributed by atoms with Crippen molar-refractivity contribution in [2.45, 2.75) is 33.1 Å². The molecule has 0 spiro atoms. The molecule has 9 heteroatoms. The third-order valence-corrected chi connectivity index (χ3v) is 3.09. The van der Waals surface area contributed by atoms with Gasteiger partial charge in [-0.1, -0.05) is 20.8 Å². The van der Waals surface area contributed by atoms with E-state index in [1.807, 2.05) is 20.8 Å². The number of hydrogen-bond acceptors (Lipinski definition) is 7. The maximum Gasteiger partial charge on any atom is 0.320 e. The number of halogens is 2. The maximum absolute atomic E-state index is 13.4. The zero-order valence-corrected chi connectivity index (χ0v) is 12.9. The van der Waals surface area contributed by atoms with Crippen LogP contribution in [0.1, 0.15) is 27.2 Å². The third kappa shape index (κ3) is 3.77. The molecule has 1 saturated heterocycles. The molecule has 22 heavy (non-hydrogen) atoms. The molecule has 0 unspecified atom stereocenters. The van der Waals surface area contributed by atoms with Gasteiger partial charge in [0.05, 0.1) is 13.2 Å². The maximum atomic E-state index is 13.4. The summed E-state index contributed by atoms with van der Waals surface area (Å²) >= 11 is 0. The summed E-state index contributed by atoms with van der Waals surface area (Å²) in [5.74, 6) is -2.73. The van der Waals surface area contributed by atoms with E-state index < -0.39 is 12.5 Å². The number of nitrogen functional groups attached to an aromatic ring is 1. The minimum Gasteiger partial charge on any atom is -0.463 e. The Hall–Kier alpha value is -2.06. The molecule has 1 aromatic rings. The first-order valence-electron chi connectivity index (χ1n) is 6.92. The minimum atomic E-state index is -2.79. The Bertz CT molecular complexity index is 572. The van der Waals surface area contributed by atoms with E-state index in [1.54, 1.807) is 0 Å². The number of hydrogen-bond donors (Lipinski definition) is 2. The molecular weight excluding hydrogens is 294 g/mol. The summed E-state index contributed by atoms with van der Waals surface area (Å²) in [5.41, 5.74) is 12.8. The molecule has 0 amide bonds. The number of ether oxygens (including phenoxy) is 1. The van der Waals surface area contributed by atoms with Gasteiger partial charge in [0.25, 0.3) is 5.92 Å². The van der Waals surface area contributed by atoms with Crippen molar-refractivity contribution >= 4 is 17.3 Å². The molecule has 7 nitrogen and oxygen atoms in total. The standard InChI is InChI=1S/C13H20F2N6O/c1-12(2,3)7-22-11-18-9(16)8(20-17)10(19-11)21-5-4-13(14,15)6-21/h17H,4-7H2,1-3H3,(H2,16,18,19). The Labute approximate surface area is 127 Å². The van der Waals surface area contributed by atoms with Crippen molar-refractivity contribution in [3.8, 4) is 6.01 Å². The van der Waals surface area contributed by atoms with Crippen LogP contribution in [0, 0.1) is 10.9 Å². The molecule has 0 bridgehead atoms. The normalized spacial score (nSPS) is 17.6. The average molecular weight is 314 g/mol. The first-order chi connectivity index (χ1) is 10.1. The van der Waals surface area contributed by atoms with Crippen molar-refractivity contribution in [1.82, 2.24) is 9.97 Å². The second-order valence-corrected chi connectivity index (χ2v) is 6.55. The molecule has 0 aliphatic carbocycles. The lowest BCUT2D eigenvalue weighted by Crippen LogP contribution is -2.26. The van der Waals surface area contributed by atoms with E-state index in [0.29, 0.717) is 6.61 Å². The number of nitrogens with two attached hydrogens (primary N) is 1. The molecule has 0 aromatic carbocycles. The van der Waals surface area contributed by atoms with Crippen molar-refractivity contribution in [3.63, 3.8) is 0 Å². The SMILES string of the molecule is CC(C)(C)COc1nc(N)c(N=N)c(N2CCC(F)(F)C2)n1. The van der Waals surface area contributed by atoms with Gasteiger partial charge in [-0.05, 0) is 5.41 Å². The Balaban J connectivity index is 2.31. The van der Waals surface area contributed by atoms with E-state index in [4.69, 9.17) is 16.0 Å². The summed E-state index contributed by atoms with van der Waals surface area (Å²) in [5, 5.41) is 3.27. The van der Waals surface area contributed by atoms with E-state index in [-0.39, 0.29) is 41.7 Å². The summed E-state index contributed by atoms with van der Waals surface area (Å²) < 4.78 is 32.3. The van der Waals surface area contributed by atoms with Gasteiger partial charge < -0.3 is 15.4 Å². The molecular formula is C13H20F2N6O. The smallest absolute Gasteiger partial charge is 0.320 e. The summed E-state index contributed by atoms with van der Waals surface area (Å²) in [7, 11) is 0. The van der Waals surface area contributed by atoms with Gasteiger partial charge in [-0.15, -0.1) is 0 Å². The van der Waals surface area contributed by atoms with Crippen molar-refractivity contribution in [3.05, 3.63) is 0 Å².